The van der Waals surface area contributed by atoms with Crippen molar-refractivity contribution in [1.82, 2.24) is 24.5 Å². The van der Waals surface area contributed by atoms with Crippen molar-refractivity contribution in [3.63, 3.8) is 0 Å². The third-order valence-electron chi connectivity index (χ3n) is 6.32. The van der Waals surface area contributed by atoms with E-state index in [-0.39, 0.29) is 5.54 Å². The summed E-state index contributed by atoms with van der Waals surface area (Å²) in [5.74, 6) is 0.400. The van der Waals surface area contributed by atoms with Gasteiger partial charge in [0, 0.05) is 12.4 Å². The summed E-state index contributed by atoms with van der Waals surface area (Å²) in [5.41, 5.74) is 4.08. The lowest BCUT2D eigenvalue weighted by Crippen LogP contribution is -2.61. The molecule has 28 heavy (non-hydrogen) atoms. The van der Waals surface area contributed by atoms with Crippen LogP contribution >= 0.6 is 0 Å². The molecule has 0 aliphatic carbocycles. The highest BCUT2D eigenvalue weighted by Gasteiger charge is 2.41. The van der Waals surface area contributed by atoms with Crippen LogP contribution in [0.5, 0.6) is 0 Å². The zero-order valence-electron chi connectivity index (χ0n) is 16.3. The van der Waals surface area contributed by atoms with Gasteiger partial charge in [0.2, 0.25) is 0 Å². The number of aryl methyl sites for hydroxylation is 1. The molecule has 0 N–H and O–H groups in total. The van der Waals surface area contributed by atoms with Crippen molar-refractivity contribution in [2.75, 3.05) is 26.3 Å². The summed E-state index contributed by atoms with van der Waals surface area (Å²) in [4.78, 5) is 2.55. The summed E-state index contributed by atoms with van der Waals surface area (Å²) in [7, 11) is 1.90. The molecule has 0 amide bonds. The Balaban J connectivity index is 1.48. The molecule has 0 atom stereocenters. The normalized spacial score (nSPS) is 20.2. The Morgan fingerprint density at radius 2 is 1.96 bits per heavy atom. The van der Waals surface area contributed by atoms with E-state index in [1.54, 1.807) is 4.68 Å². The number of nitrogens with zero attached hydrogens (tertiary/aromatic N) is 6. The minimum Gasteiger partial charge on any atom is -0.377 e. The average Bonchev–Trinajstić information content (AvgIpc) is 3.30. The monoisotopic (exact) mass is 376 g/mol. The van der Waals surface area contributed by atoms with Crippen molar-refractivity contribution in [3.8, 4) is 11.8 Å². The van der Waals surface area contributed by atoms with Gasteiger partial charge in [0.25, 0.3) is 0 Å². The molecular formula is C21H24N6O. The van der Waals surface area contributed by atoms with Crippen LogP contribution in [0.1, 0.15) is 36.8 Å². The Hall–Kier alpha value is -2.69. The van der Waals surface area contributed by atoms with E-state index in [1.807, 2.05) is 36.4 Å². The van der Waals surface area contributed by atoms with Crippen molar-refractivity contribution in [2.45, 2.75) is 31.2 Å². The van der Waals surface area contributed by atoms with Gasteiger partial charge in [0.15, 0.2) is 0 Å². The zero-order valence-corrected chi connectivity index (χ0v) is 16.3. The Morgan fingerprint density at radius 3 is 2.57 bits per heavy atom. The van der Waals surface area contributed by atoms with Gasteiger partial charge in [-0.1, -0.05) is 0 Å². The van der Waals surface area contributed by atoms with Crippen LogP contribution in [0.15, 0.2) is 30.7 Å². The highest BCUT2D eigenvalue weighted by Crippen LogP contribution is 2.36. The molecule has 2 aromatic heterocycles. The van der Waals surface area contributed by atoms with Gasteiger partial charge in [-0.15, -0.1) is 0 Å². The number of nitriles is 1. The molecule has 144 valence electrons. The number of fused-ring (bicyclic) bond motifs is 1. The standard InChI is InChI=1S/C21H24N6O/c1-21(13-28-14-21)26-5-3-15(4-6-26)19-8-20-17(7-16(19)9-22)10-24-27(20)18-11-23-25(2)12-18/h7-8,10-12,15H,3-6,13-14H2,1-2H3. The molecule has 4 heterocycles. The lowest BCUT2D eigenvalue weighted by atomic mass is 9.84. The minimum absolute atomic E-state index is 0.200. The first-order valence-electron chi connectivity index (χ1n) is 9.81. The molecule has 0 unspecified atom stereocenters. The van der Waals surface area contributed by atoms with Gasteiger partial charge in [-0.3, -0.25) is 9.58 Å². The fourth-order valence-corrected chi connectivity index (χ4v) is 4.56. The summed E-state index contributed by atoms with van der Waals surface area (Å²) in [6.45, 7) is 6.05. The molecule has 0 spiro atoms. The lowest BCUT2D eigenvalue weighted by Gasteiger charge is -2.50. The SMILES string of the molecule is Cn1cc(-n2ncc3cc(C#N)c(C4CCN(C5(C)COC5)CC4)cc32)cn1. The van der Waals surface area contributed by atoms with E-state index in [1.165, 1.54) is 0 Å². The number of aromatic nitrogens is 4. The highest BCUT2D eigenvalue weighted by molar-refractivity contribution is 5.83. The summed E-state index contributed by atoms with van der Waals surface area (Å²) in [5, 5.41) is 19.5. The number of piperidine rings is 1. The van der Waals surface area contributed by atoms with Crippen molar-refractivity contribution in [1.29, 1.82) is 5.26 Å². The van der Waals surface area contributed by atoms with E-state index in [2.05, 4.69) is 34.2 Å². The molecule has 3 aromatic rings. The lowest BCUT2D eigenvalue weighted by molar-refractivity contribution is -0.136. The van der Waals surface area contributed by atoms with Crippen LogP contribution in [-0.2, 0) is 11.8 Å². The number of hydrogen-bond acceptors (Lipinski definition) is 5. The van der Waals surface area contributed by atoms with Gasteiger partial charge in [-0.2, -0.15) is 15.5 Å². The van der Waals surface area contributed by atoms with Crippen LogP contribution in [0.4, 0.5) is 0 Å². The van der Waals surface area contributed by atoms with E-state index in [9.17, 15) is 5.26 Å². The predicted molar refractivity (Wildman–Crippen MR) is 105 cm³/mol. The van der Waals surface area contributed by atoms with E-state index < -0.39 is 0 Å². The zero-order chi connectivity index (χ0) is 19.3. The van der Waals surface area contributed by atoms with Crippen molar-refractivity contribution in [2.24, 2.45) is 7.05 Å². The topological polar surface area (TPSA) is 71.9 Å². The second kappa shape index (κ2) is 6.43. The number of hydrogen-bond donors (Lipinski definition) is 0. The largest absolute Gasteiger partial charge is 0.377 e. The Bertz CT molecular complexity index is 1060. The summed E-state index contributed by atoms with van der Waals surface area (Å²) in [6.07, 6.45) is 7.72. The van der Waals surface area contributed by atoms with Gasteiger partial charge in [0.05, 0.1) is 54.5 Å². The van der Waals surface area contributed by atoms with Gasteiger partial charge < -0.3 is 4.74 Å². The Kier molecular flexibility index (Phi) is 4.00. The maximum absolute atomic E-state index is 9.75. The molecule has 0 bridgehead atoms. The quantitative estimate of drug-likeness (QED) is 0.703. The van der Waals surface area contributed by atoms with Gasteiger partial charge in [-0.05, 0) is 56.5 Å². The molecule has 7 heteroatoms. The number of likely N-dealkylation sites (tertiary alicyclic amines) is 1. The molecule has 1 aromatic carbocycles. The maximum atomic E-state index is 9.75. The summed E-state index contributed by atoms with van der Waals surface area (Å²) < 4.78 is 9.12. The first kappa shape index (κ1) is 17.4. The molecule has 2 saturated heterocycles. The molecule has 2 aliphatic heterocycles. The second-order valence-corrected chi connectivity index (χ2v) is 8.29. The smallest absolute Gasteiger partial charge is 0.103 e. The van der Waals surface area contributed by atoms with Crippen LogP contribution < -0.4 is 0 Å². The molecule has 2 aliphatic rings. The number of ether oxygens (including phenoxy) is 1. The molecule has 2 fully saturated rings. The second-order valence-electron chi connectivity index (χ2n) is 8.29. The summed E-state index contributed by atoms with van der Waals surface area (Å²) >= 11 is 0. The van der Waals surface area contributed by atoms with Gasteiger partial charge >= 0.3 is 0 Å². The van der Waals surface area contributed by atoms with Gasteiger partial charge in [-0.25, -0.2) is 4.68 Å². The van der Waals surface area contributed by atoms with Crippen LogP contribution in [0.3, 0.4) is 0 Å². The molecule has 5 rings (SSSR count). The van der Waals surface area contributed by atoms with Crippen LogP contribution in [0.25, 0.3) is 16.6 Å². The summed E-state index contributed by atoms with van der Waals surface area (Å²) in [6, 6.07) is 6.57. The van der Waals surface area contributed by atoms with E-state index in [4.69, 9.17) is 4.74 Å². The Morgan fingerprint density at radius 1 is 1.18 bits per heavy atom. The van der Waals surface area contributed by atoms with E-state index >= 15 is 0 Å². The third-order valence-corrected chi connectivity index (χ3v) is 6.32. The number of benzene rings is 1. The molecule has 0 radical (unpaired) electrons. The molecular weight excluding hydrogens is 352 g/mol. The van der Waals surface area contributed by atoms with Crippen LogP contribution in [-0.4, -0.2) is 56.3 Å². The maximum Gasteiger partial charge on any atom is 0.103 e. The Labute approximate surface area is 164 Å². The van der Waals surface area contributed by atoms with E-state index in [0.717, 1.165) is 66.9 Å². The van der Waals surface area contributed by atoms with Gasteiger partial charge in [0.1, 0.15) is 5.69 Å². The first-order chi connectivity index (χ1) is 13.6. The minimum atomic E-state index is 0.200. The first-order valence-corrected chi connectivity index (χ1v) is 9.81. The van der Waals surface area contributed by atoms with E-state index in [0.29, 0.717) is 5.92 Å². The van der Waals surface area contributed by atoms with Crippen molar-refractivity contribution < 1.29 is 4.74 Å². The molecule has 7 nitrogen and oxygen atoms in total. The fraction of sp³-hybridized carbons (Fsp3) is 0.476. The predicted octanol–water partition coefficient (Wildman–Crippen LogP) is 2.60. The molecule has 0 saturated carbocycles. The third kappa shape index (κ3) is 2.72. The van der Waals surface area contributed by atoms with Crippen molar-refractivity contribution in [3.05, 3.63) is 41.9 Å². The van der Waals surface area contributed by atoms with Crippen LogP contribution in [0.2, 0.25) is 0 Å². The average molecular weight is 376 g/mol. The van der Waals surface area contributed by atoms with Crippen molar-refractivity contribution >= 4 is 10.9 Å². The number of rotatable bonds is 3. The fourth-order valence-electron chi connectivity index (χ4n) is 4.56. The van der Waals surface area contributed by atoms with Crippen LogP contribution in [0, 0.1) is 11.3 Å². The highest BCUT2D eigenvalue weighted by atomic mass is 16.5.